The van der Waals surface area contributed by atoms with Crippen molar-refractivity contribution in [3.63, 3.8) is 0 Å². The molecule has 0 aliphatic heterocycles. The summed E-state index contributed by atoms with van der Waals surface area (Å²) in [7, 11) is 1.70. The van der Waals surface area contributed by atoms with E-state index >= 15 is 0 Å². The van der Waals surface area contributed by atoms with Gasteiger partial charge in [-0.15, -0.1) is 0 Å². The van der Waals surface area contributed by atoms with E-state index in [2.05, 4.69) is 27.8 Å². The van der Waals surface area contributed by atoms with Gasteiger partial charge in [0.1, 0.15) is 12.4 Å². The van der Waals surface area contributed by atoms with E-state index in [0.29, 0.717) is 13.2 Å². The quantitative estimate of drug-likeness (QED) is 0.591. The van der Waals surface area contributed by atoms with Crippen molar-refractivity contribution in [2.45, 2.75) is 6.54 Å². The molecule has 0 fully saturated rings. The molecule has 0 saturated heterocycles. The van der Waals surface area contributed by atoms with Gasteiger partial charge in [0.25, 0.3) is 0 Å². The largest absolute Gasteiger partial charge is 0.490 e. The topological polar surface area (TPSA) is 30.5 Å². The molecule has 1 rings (SSSR count). The fraction of sp³-hybridized carbons (Fsp3) is 0.385. The second kappa shape index (κ2) is 8.28. The number of rotatable bonds is 8. The molecule has 0 aliphatic rings. The average molecular weight is 300 g/mol. The van der Waals surface area contributed by atoms with Gasteiger partial charge in [0.2, 0.25) is 0 Å². The lowest BCUT2D eigenvalue weighted by Gasteiger charge is -2.09. The Bertz CT molecular complexity index is 355. The maximum absolute atomic E-state index is 5.49. The van der Waals surface area contributed by atoms with Crippen molar-refractivity contribution >= 4 is 15.9 Å². The van der Waals surface area contributed by atoms with Crippen LogP contribution in [-0.2, 0) is 11.3 Å². The second-order valence-electron chi connectivity index (χ2n) is 3.52. The summed E-state index contributed by atoms with van der Waals surface area (Å²) in [5, 5.41) is 3.30. The summed E-state index contributed by atoms with van der Waals surface area (Å²) in [6.07, 6.45) is 1.73. The number of hydrogen-bond acceptors (Lipinski definition) is 3. The molecule has 0 aromatic heterocycles. The van der Waals surface area contributed by atoms with E-state index in [0.717, 1.165) is 23.3 Å². The number of benzene rings is 1. The first kappa shape index (κ1) is 14.2. The van der Waals surface area contributed by atoms with Crippen molar-refractivity contribution in [2.24, 2.45) is 0 Å². The maximum atomic E-state index is 5.49. The van der Waals surface area contributed by atoms with Crippen molar-refractivity contribution in [2.75, 3.05) is 26.9 Å². The highest BCUT2D eigenvalue weighted by Gasteiger charge is 2.02. The molecule has 0 radical (unpaired) electrons. The standard InChI is InChI=1S/C13H18BrNO2/c1-3-7-17-12-4-5-13(14)11(9-12)10-15-6-8-16-2/h3-5,9,15H,1,6-8,10H2,2H3. The van der Waals surface area contributed by atoms with Gasteiger partial charge in [-0.2, -0.15) is 0 Å². The lowest BCUT2D eigenvalue weighted by atomic mass is 10.2. The minimum atomic E-state index is 0.526. The number of halogens is 1. The third-order valence-electron chi connectivity index (χ3n) is 2.18. The fourth-order valence-electron chi connectivity index (χ4n) is 1.33. The summed E-state index contributed by atoms with van der Waals surface area (Å²) in [5.74, 6) is 0.858. The summed E-state index contributed by atoms with van der Waals surface area (Å²) < 4.78 is 11.5. The molecule has 1 aromatic rings. The third kappa shape index (κ3) is 5.35. The third-order valence-corrected chi connectivity index (χ3v) is 2.96. The zero-order chi connectivity index (χ0) is 12.5. The van der Waals surface area contributed by atoms with E-state index in [9.17, 15) is 0 Å². The molecule has 1 aromatic carbocycles. The van der Waals surface area contributed by atoms with Crippen LogP contribution in [0.15, 0.2) is 35.3 Å². The van der Waals surface area contributed by atoms with Crippen molar-refractivity contribution < 1.29 is 9.47 Å². The van der Waals surface area contributed by atoms with E-state index in [1.54, 1.807) is 13.2 Å². The van der Waals surface area contributed by atoms with Crippen LogP contribution in [0.2, 0.25) is 0 Å². The summed E-state index contributed by atoms with van der Waals surface area (Å²) in [5.41, 5.74) is 1.17. The summed E-state index contributed by atoms with van der Waals surface area (Å²) >= 11 is 3.52. The number of nitrogens with one attached hydrogen (secondary N) is 1. The zero-order valence-corrected chi connectivity index (χ0v) is 11.6. The van der Waals surface area contributed by atoms with Crippen molar-refractivity contribution in [3.05, 3.63) is 40.9 Å². The number of ether oxygens (including phenoxy) is 2. The predicted octanol–water partition coefficient (Wildman–Crippen LogP) is 2.75. The second-order valence-corrected chi connectivity index (χ2v) is 4.38. The van der Waals surface area contributed by atoms with Gasteiger partial charge in [-0.25, -0.2) is 0 Å². The lowest BCUT2D eigenvalue weighted by molar-refractivity contribution is 0.199. The Balaban J connectivity index is 2.53. The Kier molecular flexibility index (Phi) is 6.93. The number of methoxy groups -OCH3 is 1. The molecule has 0 heterocycles. The molecule has 0 atom stereocenters. The van der Waals surface area contributed by atoms with Crippen molar-refractivity contribution in [1.82, 2.24) is 5.32 Å². The molecule has 0 unspecified atom stereocenters. The van der Waals surface area contributed by atoms with Crippen LogP contribution in [0.5, 0.6) is 5.75 Å². The van der Waals surface area contributed by atoms with Gasteiger partial charge >= 0.3 is 0 Å². The van der Waals surface area contributed by atoms with Gasteiger partial charge in [0, 0.05) is 24.7 Å². The monoisotopic (exact) mass is 299 g/mol. The highest BCUT2D eigenvalue weighted by Crippen LogP contribution is 2.22. The lowest BCUT2D eigenvalue weighted by Crippen LogP contribution is -2.18. The van der Waals surface area contributed by atoms with E-state index < -0.39 is 0 Å². The van der Waals surface area contributed by atoms with Crippen LogP contribution in [0.4, 0.5) is 0 Å². The van der Waals surface area contributed by atoms with Gasteiger partial charge in [-0.1, -0.05) is 28.6 Å². The van der Waals surface area contributed by atoms with Crippen LogP contribution in [0.25, 0.3) is 0 Å². The predicted molar refractivity (Wildman–Crippen MR) is 73.4 cm³/mol. The Labute approximate surface area is 111 Å². The molecule has 94 valence electrons. The van der Waals surface area contributed by atoms with Gasteiger partial charge in [0.15, 0.2) is 0 Å². The van der Waals surface area contributed by atoms with Gasteiger partial charge in [-0.05, 0) is 23.8 Å². The van der Waals surface area contributed by atoms with Crippen LogP contribution < -0.4 is 10.1 Å². The summed E-state index contributed by atoms with van der Waals surface area (Å²) in [6.45, 7) is 6.48. The molecular formula is C13H18BrNO2. The van der Waals surface area contributed by atoms with Crippen LogP contribution in [-0.4, -0.2) is 26.9 Å². The SMILES string of the molecule is C=CCOc1ccc(Br)c(CNCCOC)c1. The number of hydrogen-bond donors (Lipinski definition) is 1. The van der Waals surface area contributed by atoms with Gasteiger partial charge in [0.05, 0.1) is 6.61 Å². The van der Waals surface area contributed by atoms with E-state index in [1.807, 2.05) is 18.2 Å². The molecule has 17 heavy (non-hydrogen) atoms. The smallest absolute Gasteiger partial charge is 0.120 e. The Morgan fingerprint density at radius 2 is 2.29 bits per heavy atom. The van der Waals surface area contributed by atoms with Crippen LogP contribution >= 0.6 is 15.9 Å². The Morgan fingerprint density at radius 3 is 3.00 bits per heavy atom. The van der Waals surface area contributed by atoms with Gasteiger partial charge < -0.3 is 14.8 Å². The molecule has 0 spiro atoms. The molecule has 0 bridgehead atoms. The fourth-order valence-corrected chi connectivity index (χ4v) is 1.72. The first-order valence-corrected chi connectivity index (χ1v) is 6.29. The average Bonchev–Trinajstić information content (AvgIpc) is 2.35. The first-order valence-electron chi connectivity index (χ1n) is 5.49. The van der Waals surface area contributed by atoms with E-state index in [4.69, 9.17) is 9.47 Å². The zero-order valence-electron chi connectivity index (χ0n) is 10.0. The minimum Gasteiger partial charge on any atom is -0.490 e. The normalized spacial score (nSPS) is 10.2. The van der Waals surface area contributed by atoms with Crippen LogP contribution in [0, 0.1) is 0 Å². The minimum absolute atomic E-state index is 0.526. The maximum Gasteiger partial charge on any atom is 0.120 e. The van der Waals surface area contributed by atoms with Crippen LogP contribution in [0.3, 0.4) is 0 Å². The molecule has 4 heteroatoms. The Hall–Kier alpha value is -0.840. The molecule has 0 amide bonds. The molecule has 3 nitrogen and oxygen atoms in total. The van der Waals surface area contributed by atoms with E-state index in [1.165, 1.54) is 5.56 Å². The Morgan fingerprint density at radius 1 is 1.47 bits per heavy atom. The van der Waals surface area contributed by atoms with Crippen LogP contribution in [0.1, 0.15) is 5.56 Å². The van der Waals surface area contributed by atoms with E-state index in [-0.39, 0.29) is 0 Å². The molecule has 0 aliphatic carbocycles. The van der Waals surface area contributed by atoms with Crippen molar-refractivity contribution in [3.8, 4) is 5.75 Å². The molecule has 1 N–H and O–H groups in total. The highest BCUT2D eigenvalue weighted by molar-refractivity contribution is 9.10. The first-order chi connectivity index (χ1) is 8.27. The highest BCUT2D eigenvalue weighted by atomic mass is 79.9. The van der Waals surface area contributed by atoms with Crippen molar-refractivity contribution in [1.29, 1.82) is 0 Å². The van der Waals surface area contributed by atoms with Gasteiger partial charge in [-0.3, -0.25) is 0 Å². The summed E-state index contributed by atoms with van der Waals surface area (Å²) in [4.78, 5) is 0. The molecular weight excluding hydrogens is 282 g/mol. The molecule has 0 saturated carbocycles. The summed E-state index contributed by atoms with van der Waals surface area (Å²) in [6, 6.07) is 5.95.